The largest absolute Gasteiger partial charge is 0.481 e. The highest BCUT2D eigenvalue weighted by Gasteiger charge is 2.32. The highest BCUT2D eigenvalue weighted by atomic mass is 32.2. The quantitative estimate of drug-likeness (QED) is 0.177. The van der Waals surface area contributed by atoms with Crippen molar-refractivity contribution in [2.45, 2.75) is 63.7 Å². The van der Waals surface area contributed by atoms with Gasteiger partial charge in [0.05, 0.1) is 12.5 Å². The molecule has 5 unspecified atom stereocenters. The van der Waals surface area contributed by atoms with E-state index in [-0.39, 0.29) is 18.8 Å². The zero-order valence-corrected chi connectivity index (χ0v) is 21.5. The van der Waals surface area contributed by atoms with E-state index in [1.807, 2.05) is 6.92 Å². The SMILES string of the molecule is CCC(C)C(N)C(=O)NC(CC(=O)O)C(=O)NC(CCSC)C(=O)NC(Cc1ccccc1)C(=O)O. The van der Waals surface area contributed by atoms with Crippen LogP contribution in [-0.2, 0) is 30.4 Å². The first-order valence-electron chi connectivity index (χ1n) is 11.6. The first-order chi connectivity index (χ1) is 17.0. The minimum atomic E-state index is -1.46. The van der Waals surface area contributed by atoms with Crippen LogP contribution >= 0.6 is 11.8 Å². The van der Waals surface area contributed by atoms with Crippen molar-refractivity contribution in [2.75, 3.05) is 12.0 Å². The lowest BCUT2D eigenvalue weighted by molar-refractivity contribution is -0.143. The van der Waals surface area contributed by atoms with Gasteiger partial charge in [-0.2, -0.15) is 11.8 Å². The third-order valence-corrected chi connectivity index (χ3v) is 6.36. The van der Waals surface area contributed by atoms with Crippen molar-refractivity contribution in [3.63, 3.8) is 0 Å². The summed E-state index contributed by atoms with van der Waals surface area (Å²) in [4.78, 5) is 61.5. The number of hydrogen-bond acceptors (Lipinski definition) is 7. The van der Waals surface area contributed by atoms with Crippen LogP contribution in [0.4, 0.5) is 0 Å². The third-order valence-electron chi connectivity index (χ3n) is 5.71. The maximum absolute atomic E-state index is 13.0. The number of carbonyl (C=O) groups is 5. The minimum absolute atomic E-state index is 0.0380. The van der Waals surface area contributed by atoms with E-state index in [1.54, 1.807) is 43.5 Å². The molecule has 1 aromatic carbocycles. The van der Waals surface area contributed by atoms with Crippen LogP contribution < -0.4 is 21.7 Å². The summed E-state index contributed by atoms with van der Waals surface area (Å²) < 4.78 is 0. The molecule has 0 aromatic heterocycles. The van der Waals surface area contributed by atoms with Gasteiger partial charge in [-0.15, -0.1) is 0 Å². The van der Waals surface area contributed by atoms with Crippen LogP contribution in [-0.4, -0.2) is 76.0 Å². The molecule has 0 aliphatic carbocycles. The lowest BCUT2D eigenvalue weighted by Gasteiger charge is -2.25. The number of benzene rings is 1. The molecule has 0 radical (unpaired) electrons. The highest BCUT2D eigenvalue weighted by molar-refractivity contribution is 7.98. The molecular weight excluding hydrogens is 488 g/mol. The molecule has 0 saturated heterocycles. The van der Waals surface area contributed by atoms with E-state index >= 15 is 0 Å². The minimum Gasteiger partial charge on any atom is -0.481 e. The van der Waals surface area contributed by atoms with Gasteiger partial charge < -0.3 is 31.9 Å². The van der Waals surface area contributed by atoms with E-state index in [0.29, 0.717) is 17.7 Å². The van der Waals surface area contributed by atoms with Crippen LogP contribution in [0.5, 0.6) is 0 Å². The Morgan fingerprint density at radius 1 is 0.917 bits per heavy atom. The predicted molar refractivity (Wildman–Crippen MR) is 136 cm³/mol. The maximum Gasteiger partial charge on any atom is 0.326 e. The van der Waals surface area contributed by atoms with Gasteiger partial charge in [0, 0.05) is 6.42 Å². The van der Waals surface area contributed by atoms with Gasteiger partial charge in [-0.25, -0.2) is 4.79 Å². The average molecular weight is 525 g/mol. The average Bonchev–Trinajstić information content (AvgIpc) is 2.84. The monoisotopic (exact) mass is 524 g/mol. The number of rotatable bonds is 16. The van der Waals surface area contributed by atoms with E-state index in [9.17, 15) is 34.2 Å². The van der Waals surface area contributed by atoms with E-state index < -0.39 is 60.2 Å². The Morgan fingerprint density at radius 2 is 1.47 bits per heavy atom. The van der Waals surface area contributed by atoms with Crippen molar-refractivity contribution in [1.29, 1.82) is 0 Å². The summed E-state index contributed by atoms with van der Waals surface area (Å²) >= 11 is 1.41. The van der Waals surface area contributed by atoms with Gasteiger partial charge in [0.25, 0.3) is 0 Å². The number of carboxylic acid groups (broad SMARTS) is 2. The van der Waals surface area contributed by atoms with Gasteiger partial charge in [-0.1, -0.05) is 50.6 Å². The molecule has 0 bridgehead atoms. The van der Waals surface area contributed by atoms with Crippen LogP contribution in [0.3, 0.4) is 0 Å². The standard InChI is InChI=1S/C24H36N4O7S/c1-4-14(2)20(25)23(33)27-17(13-19(29)30)22(32)26-16(10-11-36-3)21(31)28-18(24(34)35)12-15-8-6-5-7-9-15/h5-9,14,16-18,20H,4,10-13,25H2,1-3H3,(H,26,32)(H,27,33)(H,28,31)(H,29,30)(H,34,35). The summed E-state index contributed by atoms with van der Waals surface area (Å²) in [6, 6.07) is 3.97. The summed E-state index contributed by atoms with van der Waals surface area (Å²) in [5.74, 6) is -4.58. The molecule has 3 amide bonds. The van der Waals surface area contributed by atoms with Crippen LogP contribution in [0, 0.1) is 5.92 Å². The Hall–Kier alpha value is -3.12. The summed E-state index contributed by atoms with van der Waals surface area (Å²) in [6.45, 7) is 3.60. The summed E-state index contributed by atoms with van der Waals surface area (Å²) in [5, 5.41) is 26.1. The van der Waals surface area contributed by atoms with Gasteiger partial charge in [-0.05, 0) is 29.9 Å². The molecule has 1 rings (SSSR count). The number of carboxylic acids is 2. The van der Waals surface area contributed by atoms with Crippen molar-refractivity contribution in [2.24, 2.45) is 11.7 Å². The summed E-state index contributed by atoms with van der Waals surface area (Å²) in [7, 11) is 0. The zero-order chi connectivity index (χ0) is 27.3. The maximum atomic E-state index is 13.0. The van der Waals surface area contributed by atoms with Crippen molar-refractivity contribution in [1.82, 2.24) is 16.0 Å². The Bertz CT molecular complexity index is 900. The van der Waals surface area contributed by atoms with Crippen molar-refractivity contribution in [3.8, 4) is 0 Å². The van der Waals surface area contributed by atoms with Gasteiger partial charge in [0.15, 0.2) is 0 Å². The number of aliphatic carboxylic acids is 2. The molecule has 5 atom stereocenters. The fraction of sp³-hybridized carbons (Fsp3) is 0.542. The van der Waals surface area contributed by atoms with Crippen molar-refractivity contribution >= 4 is 41.4 Å². The lowest BCUT2D eigenvalue weighted by atomic mass is 9.99. The lowest BCUT2D eigenvalue weighted by Crippen LogP contribution is -2.58. The Morgan fingerprint density at radius 3 is 2.00 bits per heavy atom. The fourth-order valence-corrected chi connectivity index (χ4v) is 3.73. The highest BCUT2D eigenvalue weighted by Crippen LogP contribution is 2.09. The normalized spacial score (nSPS) is 15.0. The summed E-state index contributed by atoms with van der Waals surface area (Å²) in [5.41, 5.74) is 6.60. The fourth-order valence-electron chi connectivity index (χ4n) is 3.26. The molecule has 0 spiro atoms. The third kappa shape index (κ3) is 10.6. The summed E-state index contributed by atoms with van der Waals surface area (Å²) in [6.07, 6.45) is 1.89. The first-order valence-corrected chi connectivity index (χ1v) is 13.0. The Labute approximate surface area is 215 Å². The second-order valence-corrected chi connectivity index (χ2v) is 9.49. The molecule has 0 heterocycles. The molecule has 12 heteroatoms. The Kier molecular flexibility index (Phi) is 13.6. The van der Waals surface area contributed by atoms with Gasteiger partial charge in [0.2, 0.25) is 17.7 Å². The number of amides is 3. The Balaban J connectivity index is 3.00. The molecule has 0 saturated carbocycles. The molecule has 11 nitrogen and oxygen atoms in total. The second-order valence-electron chi connectivity index (χ2n) is 8.50. The van der Waals surface area contributed by atoms with E-state index in [2.05, 4.69) is 16.0 Å². The second kappa shape index (κ2) is 15.8. The van der Waals surface area contributed by atoms with Gasteiger partial charge >= 0.3 is 11.9 Å². The first kappa shape index (κ1) is 30.9. The zero-order valence-electron chi connectivity index (χ0n) is 20.7. The smallest absolute Gasteiger partial charge is 0.326 e. The van der Waals surface area contributed by atoms with Crippen LogP contribution in [0.1, 0.15) is 38.7 Å². The number of nitrogens with two attached hydrogens (primary N) is 1. The molecule has 0 aliphatic heterocycles. The molecule has 36 heavy (non-hydrogen) atoms. The van der Waals surface area contributed by atoms with Crippen LogP contribution in [0.25, 0.3) is 0 Å². The van der Waals surface area contributed by atoms with Crippen LogP contribution in [0.2, 0.25) is 0 Å². The van der Waals surface area contributed by atoms with E-state index in [0.717, 1.165) is 0 Å². The van der Waals surface area contributed by atoms with Crippen LogP contribution in [0.15, 0.2) is 30.3 Å². The number of thioether (sulfide) groups is 1. The molecule has 0 fully saturated rings. The number of nitrogens with one attached hydrogen (secondary N) is 3. The van der Waals surface area contributed by atoms with Gasteiger partial charge in [0.1, 0.15) is 18.1 Å². The van der Waals surface area contributed by atoms with Crippen molar-refractivity contribution < 1.29 is 34.2 Å². The predicted octanol–water partition coefficient (Wildman–Crippen LogP) is 0.369. The van der Waals surface area contributed by atoms with E-state index in [4.69, 9.17) is 5.73 Å². The van der Waals surface area contributed by atoms with Gasteiger partial charge in [-0.3, -0.25) is 19.2 Å². The van der Waals surface area contributed by atoms with E-state index in [1.165, 1.54) is 11.8 Å². The molecule has 0 aliphatic rings. The molecule has 200 valence electrons. The topological polar surface area (TPSA) is 188 Å². The number of hydrogen-bond donors (Lipinski definition) is 6. The molecule has 7 N–H and O–H groups in total. The molecule has 1 aromatic rings. The molecular formula is C24H36N4O7S. The number of carbonyl (C=O) groups excluding carboxylic acids is 3. The van der Waals surface area contributed by atoms with Crippen molar-refractivity contribution in [3.05, 3.63) is 35.9 Å².